The molecule has 0 radical (unpaired) electrons. The van der Waals surface area contributed by atoms with Gasteiger partial charge in [0.05, 0.1) is 11.1 Å². The summed E-state index contributed by atoms with van der Waals surface area (Å²) in [7, 11) is 0. The largest absolute Gasteiger partial charge is 0.463 e. The number of imide groups is 1. The normalized spacial score (nSPS) is 24.8. The Morgan fingerprint density at radius 1 is 0.811 bits per heavy atom. The van der Waals surface area contributed by atoms with Crippen molar-refractivity contribution >= 4 is 41.5 Å². The van der Waals surface area contributed by atoms with Crippen molar-refractivity contribution in [2.75, 3.05) is 6.61 Å². The van der Waals surface area contributed by atoms with Crippen LogP contribution in [-0.4, -0.2) is 71.0 Å². The molecule has 0 spiro atoms. The molecule has 10 nitrogen and oxygen atoms in total. The molecule has 0 N–H and O–H groups in total. The van der Waals surface area contributed by atoms with Gasteiger partial charge in [-0.3, -0.25) is 28.9 Å². The second-order valence-electron chi connectivity index (χ2n) is 8.44. The topological polar surface area (TPSA) is 126 Å². The first-order valence-corrected chi connectivity index (χ1v) is 12.4. The summed E-state index contributed by atoms with van der Waals surface area (Å²) in [4.78, 5) is 64.6. The highest BCUT2D eigenvalue weighted by atomic mass is 32.2. The Hall–Kier alpha value is -3.70. The number of nitrogens with zero attached hydrogens (tertiary/aromatic N) is 1. The fourth-order valence-electron chi connectivity index (χ4n) is 4.37. The number of esters is 3. The zero-order valence-corrected chi connectivity index (χ0v) is 21.1. The number of ether oxygens (including phenoxy) is 4. The quantitative estimate of drug-likeness (QED) is 0.301. The van der Waals surface area contributed by atoms with Crippen LogP contribution in [0.5, 0.6) is 0 Å². The fraction of sp³-hybridized carbons (Fsp3) is 0.346. The molecule has 2 aromatic carbocycles. The zero-order valence-electron chi connectivity index (χ0n) is 20.3. The first-order chi connectivity index (χ1) is 17.7. The van der Waals surface area contributed by atoms with Crippen molar-refractivity contribution in [1.82, 2.24) is 4.90 Å². The average Bonchev–Trinajstić information content (AvgIpc) is 3.10. The second-order valence-corrected chi connectivity index (χ2v) is 9.61. The maximum Gasteiger partial charge on any atom is 0.303 e. The lowest BCUT2D eigenvalue weighted by Crippen LogP contribution is -2.66. The Morgan fingerprint density at radius 2 is 1.35 bits per heavy atom. The Labute approximate surface area is 217 Å². The summed E-state index contributed by atoms with van der Waals surface area (Å²) < 4.78 is 22.5. The van der Waals surface area contributed by atoms with Gasteiger partial charge in [-0.05, 0) is 24.3 Å². The summed E-state index contributed by atoms with van der Waals surface area (Å²) in [6, 6.07) is 14.2. The molecule has 0 bridgehead atoms. The van der Waals surface area contributed by atoms with E-state index in [0.717, 1.165) is 16.7 Å². The minimum atomic E-state index is -1.31. The second kappa shape index (κ2) is 11.1. The Balaban J connectivity index is 1.81. The number of hydrogen-bond acceptors (Lipinski definition) is 10. The third-order valence-corrected chi connectivity index (χ3v) is 6.96. The molecule has 2 aliphatic heterocycles. The van der Waals surface area contributed by atoms with E-state index in [1.165, 1.54) is 37.7 Å². The molecule has 5 atom stereocenters. The third-order valence-electron chi connectivity index (χ3n) is 5.79. The van der Waals surface area contributed by atoms with E-state index < -0.39 is 59.5 Å². The number of thioether (sulfide) groups is 1. The maximum atomic E-state index is 13.5. The molecular formula is C26H25NO9S. The number of hydrogen-bond donors (Lipinski definition) is 0. The minimum Gasteiger partial charge on any atom is -0.463 e. The van der Waals surface area contributed by atoms with Gasteiger partial charge >= 0.3 is 17.9 Å². The van der Waals surface area contributed by atoms with Crippen LogP contribution >= 0.6 is 11.8 Å². The summed E-state index contributed by atoms with van der Waals surface area (Å²) in [5.74, 6) is -3.21. The molecule has 1 unspecified atom stereocenters. The molecule has 37 heavy (non-hydrogen) atoms. The molecule has 2 heterocycles. The Kier molecular flexibility index (Phi) is 7.94. The predicted molar refractivity (Wildman–Crippen MR) is 129 cm³/mol. The third kappa shape index (κ3) is 5.67. The fourth-order valence-corrected chi connectivity index (χ4v) is 5.56. The van der Waals surface area contributed by atoms with Gasteiger partial charge in [-0.15, -0.1) is 0 Å². The van der Waals surface area contributed by atoms with E-state index in [1.807, 2.05) is 30.3 Å². The van der Waals surface area contributed by atoms with Crippen LogP contribution in [0.1, 0.15) is 41.5 Å². The van der Waals surface area contributed by atoms with Crippen molar-refractivity contribution in [3.63, 3.8) is 0 Å². The van der Waals surface area contributed by atoms with E-state index >= 15 is 0 Å². The van der Waals surface area contributed by atoms with Crippen molar-refractivity contribution in [3.05, 3.63) is 65.7 Å². The maximum absolute atomic E-state index is 13.5. The van der Waals surface area contributed by atoms with E-state index in [9.17, 15) is 24.0 Å². The van der Waals surface area contributed by atoms with Gasteiger partial charge in [0.2, 0.25) is 0 Å². The highest BCUT2D eigenvalue weighted by Crippen LogP contribution is 2.40. The van der Waals surface area contributed by atoms with Crippen molar-refractivity contribution in [2.24, 2.45) is 0 Å². The molecule has 2 amide bonds. The van der Waals surface area contributed by atoms with Crippen LogP contribution in [0.2, 0.25) is 0 Å². The van der Waals surface area contributed by atoms with Gasteiger partial charge in [0.25, 0.3) is 11.8 Å². The molecule has 4 rings (SSSR count). The predicted octanol–water partition coefficient (Wildman–Crippen LogP) is 2.59. The van der Waals surface area contributed by atoms with Crippen LogP contribution in [0.15, 0.2) is 59.5 Å². The van der Waals surface area contributed by atoms with Crippen molar-refractivity contribution in [2.45, 2.75) is 55.5 Å². The van der Waals surface area contributed by atoms with Gasteiger partial charge in [-0.25, -0.2) is 0 Å². The summed E-state index contributed by atoms with van der Waals surface area (Å²) in [5.41, 5.74) is -0.575. The van der Waals surface area contributed by atoms with Gasteiger partial charge in [0.1, 0.15) is 24.2 Å². The number of benzene rings is 2. The first kappa shape index (κ1) is 26.4. The molecule has 194 valence electrons. The molecular weight excluding hydrogens is 502 g/mol. The lowest BCUT2D eigenvalue weighted by molar-refractivity contribution is -0.216. The van der Waals surface area contributed by atoms with E-state index in [-0.39, 0.29) is 17.7 Å². The number of amides is 2. The lowest BCUT2D eigenvalue weighted by atomic mass is 9.96. The standard InChI is InChI=1S/C26H25NO9S/c1-14(28)33-13-20-22(34-15(2)29)23(35-16(3)30)21(26(36-20)37-17-9-5-4-6-10-17)27-24(31)18-11-7-8-12-19(18)25(27)32/h4-12,20-23,26H,13H2,1-3H3/t20-,21-,22-,23-,26?/m1/s1. The van der Waals surface area contributed by atoms with Crippen molar-refractivity contribution in [1.29, 1.82) is 0 Å². The first-order valence-electron chi connectivity index (χ1n) is 11.5. The minimum absolute atomic E-state index is 0.198. The Morgan fingerprint density at radius 3 is 1.89 bits per heavy atom. The number of fused-ring (bicyclic) bond motifs is 1. The summed E-state index contributed by atoms with van der Waals surface area (Å²) in [5, 5.41) is 0. The van der Waals surface area contributed by atoms with Crippen molar-refractivity contribution < 1.29 is 42.9 Å². The van der Waals surface area contributed by atoms with Crippen LogP contribution in [-0.2, 0) is 33.3 Å². The summed E-state index contributed by atoms with van der Waals surface area (Å²) in [6.07, 6.45) is -3.63. The molecule has 0 aliphatic carbocycles. The monoisotopic (exact) mass is 527 g/mol. The number of carbonyl (C=O) groups is 5. The van der Waals surface area contributed by atoms with E-state index in [4.69, 9.17) is 18.9 Å². The van der Waals surface area contributed by atoms with Gasteiger partial charge < -0.3 is 18.9 Å². The van der Waals surface area contributed by atoms with Gasteiger partial charge in [0, 0.05) is 25.7 Å². The molecule has 2 aromatic rings. The van der Waals surface area contributed by atoms with E-state index in [1.54, 1.807) is 12.1 Å². The molecule has 11 heteroatoms. The van der Waals surface area contributed by atoms with Crippen LogP contribution in [0, 0.1) is 0 Å². The van der Waals surface area contributed by atoms with Crippen LogP contribution < -0.4 is 0 Å². The van der Waals surface area contributed by atoms with E-state index in [0.29, 0.717) is 0 Å². The highest BCUT2D eigenvalue weighted by molar-refractivity contribution is 7.99. The highest BCUT2D eigenvalue weighted by Gasteiger charge is 2.56. The average molecular weight is 528 g/mol. The van der Waals surface area contributed by atoms with Crippen LogP contribution in [0.4, 0.5) is 0 Å². The van der Waals surface area contributed by atoms with Gasteiger partial charge in [-0.2, -0.15) is 0 Å². The molecule has 1 fully saturated rings. The molecule has 2 aliphatic rings. The number of carbonyl (C=O) groups excluding carboxylic acids is 5. The SMILES string of the molecule is CC(=O)OC[C@H]1OC(Sc2ccccc2)[C@H](N2C(=O)c3ccccc3C2=O)[C@@H](OC(C)=O)[C@@H]1OC(C)=O. The van der Waals surface area contributed by atoms with Crippen LogP contribution in [0.3, 0.4) is 0 Å². The van der Waals surface area contributed by atoms with Crippen molar-refractivity contribution in [3.8, 4) is 0 Å². The lowest BCUT2D eigenvalue weighted by Gasteiger charge is -2.47. The van der Waals surface area contributed by atoms with E-state index in [2.05, 4.69) is 0 Å². The zero-order chi connectivity index (χ0) is 26.7. The molecule has 0 saturated carbocycles. The summed E-state index contributed by atoms with van der Waals surface area (Å²) in [6.45, 7) is 3.23. The number of rotatable bonds is 7. The smallest absolute Gasteiger partial charge is 0.303 e. The van der Waals surface area contributed by atoms with Gasteiger partial charge in [-0.1, -0.05) is 42.1 Å². The molecule has 0 aromatic heterocycles. The summed E-state index contributed by atoms with van der Waals surface area (Å²) >= 11 is 1.19. The van der Waals surface area contributed by atoms with Gasteiger partial charge in [0.15, 0.2) is 12.2 Å². The molecule has 1 saturated heterocycles. The Bertz CT molecular complexity index is 1180. The van der Waals surface area contributed by atoms with Crippen LogP contribution in [0.25, 0.3) is 0 Å².